The van der Waals surface area contributed by atoms with Crippen molar-refractivity contribution in [2.24, 2.45) is 34.5 Å². The highest BCUT2D eigenvalue weighted by Crippen LogP contribution is 2.65. The Bertz CT molecular complexity index is 1200. The van der Waals surface area contributed by atoms with E-state index in [0.29, 0.717) is 5.41 Å². The van der Waals surface area contributed by atoms with Crippen LogP contribution in [0.25, 0.3) is 16.8 Å². The molecule has 0 aliphatic heterocycles. The molecule has 162 valence electrons. The number of hydrogen-bond acceptors (Lipinski definition) is 3. The van der Waals surface area contributed by atoms with E-state index in [2.05, 4.69) is 48.7 Å². The van der Waals surface area contributed by atoms with Crippen LogP contribution in [-0.2, 0) is 12.8 Å². The number of aliphatic hydroxyl groups excluding tert-OH is 1. The van der Waals surface area contributed by atoms with Gasteiger partial charge in [-0.2, -0.15) is 0 Å². The molecule has 7 rings (SSSR count). The average molecular weight is 416 g/mol. The Labute approximate surface area is 184 Å². The zero-order valence-corrected chi connectivity index (χ0v) is 18.7. The monoisotopic (exact) mass is 415 g/mol. The SMILES string of the molecule is C[C@]12Cc3cn4c(nc3CC1CCC1C2CC[C@@]2(C)C1CC[C@@H]2O)nc1ccccc14. The molecule has 4 heteroatoms. The lowest BCUT2D eigenvalue weighted by Gasteiger charge is -2.60. The number of benzene rings is 1. The lowest BCUT2D eigenvalue weighted by Crippen LogP contribution is -2.54. The summed E-state index contributed by atoms with van der Waals surface area (Å²) in [6, 6.07) is 8.39. The molecule has 1 N–H and O–H groups in total. The van der Waals surface area contributed by atoms with Crippen molar-refractivity contribution in [3.8, 4) is 0 Å². The van der Waals surface area contributed by atoms with Gasteiger partial charge in [0.2, 0.25) is 5.78 Å². The quantitative estimate of drug-likeness (QED) is 0.549. The van der Waals surface area contributed by atoms with E-state index >= 15 is 0 Å². The van der Waals surface area contributed by atoms with Crippen LogP contribution in [0.15, 0.2) is 30.5 Å². The minimum Gasteiger partial charge on any atom is -0.393 e. The van der Waals surface area contributed by atoms with Gasteiger partial charge in [0.1, 0.15) is 0 Å². The summed E-state index contributed by atoms with van der Waals surface area (Å²) in [4.78, 5) is 9.86. The van der Waals surface area contributed by atoms with Gasteiger partial charge in [-0.1, -0.05) is 26.0 Å². The zero-order chi connectivity index (χ0) is 21.0. The average Bonchev–Trinajstić information content (AvgIpc) is 3.27. The van der Waals surface area contributed by atoms with Gasteiger partial charge in [-0.05, 0) is 104 Å². The van der Waals surface area contributed by atoms with E-state index in [1.807, 2.05) is 0 Å². The third-order valence-corrected chi connectivity index (χ3v) is 10.5. The van der Waals surface area contributed by atoms with Crippen molar-refractivity contribution < 1.29 is 5.11 Å². The lowest BCUT2D eigenvalue weighted by molar-refractivity contribution is -0.111. The Morgan fingerprint density at radius 2 is 1.81 bits per heavy atom. The predicted molar refractivity (Wildman–Crippen MR) is 122 cm³/mol. The second kappa shape index (κ2) is 6.10. The van der Waals surface area contributed by atoms with E-state index in [4.69, 9.17) is 9.97 Å². The maximum atomic E-state index is 10.8. The maximum absolute atomic E-state index is 10.8. The summed E-state index contributed by atoms with van der Waals surface area (Å²) >= 11 is 0. The number of fused-ring (bicyclic) bond motifs is 9. The number of rotatable bonds is 0. The Kier molecular flexibility index (Phi) is 3.66. The van der Waals surface area contributed by atoms with E-state index in [9.17, 15) is 5.11 Å². The molecular weight excluding hydrogens is 382 g/mol. The van der Waals surface area contributed by atoms with Crippen LogP contribution in [0.3, 0.4) is 0 Å². The Morgan fingerprint density at radius 1 is 0.968 bits per heavy atom. The van der Waals surface area contributed by atoms with Crippen molar-refractivity contribution >= 4 is 16.8 Å². The van der Waals surface area contributed by atoms with Crippen LogP contribution >= 0.6 is 0 Å². The van der Waals surface area contributed by atoms with Gasteiger partial charge >= 0.3 is 0 Å². The van der Waals surface area contributed by atoms with E-state index in [1.54, 1.807) is 0 Å². The molecule has 31 heavy (non-hydrogen) atoms. The number of aliphatic hydroxyl groups is 1. The number of imidazole rings is 1. The smallest absolute Gasteiger partial charge is 0.235 e. The van der Waals surface area contributed by atoms with Gasteiger partial charge in [-0.25, -0.2) is 9.97 Å². The molecule has 2 aromatic heterocycles. The molecule has 4 aliphatic carbocycles. The number of hydrogen-bond donors (Lipinski definition) is 1. The number of nitrogens with zero attached hydrogens (tertiary/aromatic N) is 3. The van der Waals surface area contributed by atoms with Crippen LogP contribution in [0.4, 0.5) is 0 Å². The summed E-state index contributed by atoms with van der Waals surface area (Å²) in [5.74, 6) is 3.89. The largest absolute Gasteiger partial charge is 0.393 e. The third kappa shape index (κ3) is 2.35. The van der Waals surface area contributed by atoms with Gasteiger partial charge in [-0.15, -0.1) is 0 Å². The van der Waals surface area contributed by atoms with Gasteiger partial charge in [0.05, 0.1) is 17.1 Å². The molecule has 0 bridgehead atoms. The maximum Gasteiger partial charge on any atom is 0.235 e. The van der Waals surface area contributed by atoms with Crippen molar-refractivity contribution in [3.63, 3.8) is 0 Å². The standard InChI is InChI=1S/C27H33N3O/c1-26-12-11-20-18(19(26)9-10-24(26)31)8-7-17-13-22-16(14-27(17,20)2)15-30-23-6-4-3-5-21(23)28-25(30)29-22/h3-6,15,17-20,24,31H,7-14H2,1-2H3/t17?,18?,19?,20?,24-,26-,27-/m0/s1. The Hall–Kier alpha value is -1.94. The van der Waals surface area contributed by atoms with Crippen LogP contribution in [0.5, 0.6) is 0 Å². The fourth-order valence-electron chi connectivity index (χ4n) is 8.75. The second-order valence-corrected chi connectivity index (χ2v) is 11.7. The zero-order valence-electron chi connectivity index (χ0n) is 18.7. The second-order valence-electron chi connectivity index (χ2n) is 11.7. The van der Waals surface area contributed by atoms with Crippen LogP contribution in [-0.4, -0.2) is 25.6 Å². The van der Waals surface area contributed by atoms with Crippen molar-refractivity contribution in [3.05, 3.63) is 41.7 Å². The predicted octanol–water partition coefficient (Wildman–Crippen LogP) is 5.20. The van der Waals surface area contributed by atoms with E-state index in [-0.39, 0.29) is 11.5 Å². The van der Waals surface area contributed by atoms with Gasteiger partial charge < -0.3 is 5.11 Å². The van der Waals surface area contributed by atoms with Crippen molar-refractivity contribution in [1.82, 2.24) is 14.4 Å². The number of para-hydroxylation sites is 2. The Morgan fingerprint density at radius 3 is 2.71 bits per heavy atom. The molecule has 0 spiro atoms. The fourth-order valence-corrected chi connectivity index (χ4v) is 8.75. The molecule has 3 fully saturated rings. The first-order valence-electron chi connectivity index (χ1n) is 12.4. The molecule has 4 unspecified atom stereocenters. The molecular formula is C27H33N3O. The number of aromatic nitrogens is 3. The van der Waals surface area contributed by atoms with E-state index < -0.39 is 0 Å². The fraction of sp³-hybridized carbons (Fsp3) is 0.630. The first-order chi connectivity index (χ1) is 15.0. The van der Waals surface area contributed by atoms with Crippen LogP contribution in [0.2, 0.25) is 0 Å². The molecule has 3 aromatic rings. The highest BCUT2D eigenvalue weighted by Gasteiger charge is 2.60. The summed E-state index contributed by atoms with van der Waals surface area (Å²) in [6.07, 6.45) is 12.0. The minimum atomic E-state index is -0.0805. The van der Waals surface area contributed by atoms with E-state index in [1.165, 1.54) is 43.4 Å². The molecule has 0 radical (unpaired) electrons. The molecule has 4 aliphatic rings. The van der Waals surface area contributed by atoms with Crippen molar-refractivity contribution in [2.45, 2.75) is 71.3 Å². The summed E-state index contributed by atoms with van der Waals surface area (Å²) in [5.41, 5.74) is 5.45. The van der Waals surface area contributed by atoms with Gasteiger partial charge in [0.25, 0.3) is 0 Å². The van der Waals surface area contributed by atoms with E-state index in [0.717, 1.165) is 59.7 Å². The third-order valence-electron chi connectivity index (χ3n) is 10.5. The topological polar surface area (TPSA) is 50.4 Å². The highest BCUT2D eigenvalue weighted by atomic mass is 16.3. The van der Waals surface area contributed by atoms with Crippen molar-refractivity contribution in [2.75, 3.05) is 0 Å². The molecule has 3 saturated carbocycles. The molecule has 0 saturated heterocycles. The lowest BCUT2D eigenvalue weighted by atomic mass is 9.45. The molecule has 7 atom stereocenters. The highest BCUT2D eigenvalue weighted by molar-refractivity contribution is 5.79. The first-order valence-corrected chi connectivity index (χ1v) is 12.4. The Balaban J connectivity index is 1.30. The molecule has 1 aromatic carbocycles. The summed E-state index contributed by atoms with van der Waals surface area (Å²) in [7, 11) is 0. The summed E-state index contributed by atoms with van der Waals surface area (Å²) in [5, 5.41) is 10.8. The summed E-state index contributed by atoms with van der Waals surface area (Å²) in [6.45, 7) is 4.99. The van der Waals surface area contributed by atoms with Gasteiger partial charge in [0.15, 0.2) is 0 Å². The normalized spacial score (nSPS) is 41.6. The van der Waals surface area contributed by atoms with Gasteiger partial charge in [0, 0.05) is 11.9 Å². The molecule has 4 nitrogen and oxygen atoms in total. The van der Waals surface area contributed by atoms with Gasteiger partial charge in [-0.3, -0.25) is 4.40 Å². The van der Waals surface area contributed by atoms with Crippen LogP contribution < -0.4 is 0 Å². The van der Waals surface area contributed by atoms with Crippen LogP contribution in [0.1, 0.15) is 63.6 Å². The molecule has 0 amide bonds. The van der Waals surface area contributed by atoms with Crippen molar-refractivity contribution in [1.29, 1.82) is 0 Å². The first kappa shape index (κ1) is 18.6. The molecule has 2 heterocycles. The summed E-state index contributed by atoms with van der Waals surface area (Å²) < 4.78 is 2.21. The minimum absolute atomic E-state index is 0.0805. The van der Waals surface area contributed by atoms with Crippen LogP contribution in [0, 0.1) is 34.5 Å².